The summed E-state index contributed by atoms with van der Waals surface area (Å²) in [6, 6.07) is 17.1. The van der Waals surface area contributed by atoms with E-state index in [2.05, 4.69) is 25.3 Å². The van der Waals surface area contributed by atoms with Crippen LogP contribution in [0.2, 0.25) is 0 Å². The fraction of sp³-hybridized carbons (Fsp3) is 0.143. The van der Waals surface area contributed by atoms with Crippen molar-refractivity contribution < 1.29 is 4.74 Å². The minimum Gasteiger partial charge on any atom is -0.492 e. The number of benzene rings is 2. The number of aromatic nitrogens is 4. The second kappa shape index (κ2) is 7.97. The van der Waals surface area contributed by atoms with Crippen LogP contribution in [0.4, 0.5) is 11.4 Å². The highest BCUT2D eigenvalue weighted by atomic mass is 16.5. The van der Waals surface area contributed by atoms with Gasteiger partial charge in [-0.05, 0) is 31.5 Å². The number of nitrogens with one attached hydrogen (secondary N) is 2. The maximum atomic E-state index is 12.9. The number of para-hydroxylation sites is 1. The zero-order valence-electron chi connectivity index (χ0n) is 16.1. The molecular formula is C21H20N6O2. The number of ether oxygens (including phenoxy) is 1. The third-order valence-corrected chi connectivity index (χ3v) is 4.32. The third kappa shape index (κ3) is 3.73. The van der Waals surface area contributed by atoms with Gasteiger partial charge >= 0.3 is 5.56 Å². The second-order valence-corrected chi connectivity index (χ2v) is 6.31. The largest absolute Gasteiger partial charge is 0.492 e. The van der Waals surface area contributed by atoms with E-state index < -0.39 is 0 Å². The minimum atomic E-state index is -0.339. The summed E-state index contributed by atoms with van der Waals surface area (Å²) in [6.07, 6.45) is 1.69. The van der Waals surface area contributed by atoms with Crippen LogP contribution in [0, 0.1) is 6.92 Å². The van der Waals surface area contributed by atoms with Gasteiger partial charge in [-0.15, -0.1) is 10.2 Å². The number of nitrogens with zero attached hydrogens (tertiary/aromatic N) is 4. The lowest BCUT2D eigenvalue weighted by Crippen LogP contribution is -2.15. The van der Waals surface area contributed by atoms with Gasteiger partial charge in [-0.25, -0.2) is 4.98 Å². The summed E-state index contributed by atoms with van der Waals surface area (Å²) in [4.78, 5) is 20.3. The molecule has 0 aliphatic carbocycles. The molecule has 0 aliphatic rings. The molecule has 0 aliphatic heterocycles. The number of azo groups is 1. The van der Waals surface area contributed by atoms with Gasteiger partial charge < -0.3 is 9.72 Å². The number of aryl methyl sites for hydroxylation is 1. The Morgan fingerprint density at radius 3 is 2.62 bits per heavy atom. The Balaban J connectivity index is 1.66. The van der Waals surface area contributed by atoms with Crippen LogP contribution in [-0.4, -0.2) is 26.4 Å². The predicted molar refractivity (Wildman–Crippen MR) is 110 cm³/mol. The van der Waals surface area contributed by atoms with Crippen LogP contribution >= 0.6 is 0 Å². The summed E-state index contributed by atoms with van der Waals surface area (Å²) in [7, 11) is 0. The van der Waals surface area contributed by atoms with Gasteiger partial charge in [0, 0.05) is 0 Å². The Hall–Kier alpha value is -3.94. The highest BCUT2D eigenvalue weighted by Gasteiger charge is 2.15. The standard InChI is InChI=1S/C21H20N6O2/c1-3-29-18-12-8-7-11-16(18)24-25-19-14(2)26-27(20(19)28)21-22-13-17(23-21)15-9-5-4-6-10-15/h4-13,26H,3H2,1-2H3,(H,22,23). The van der Waals surface area contributed by atoms with Crippen molar-refractivity contribution in [3.8, 4) is 23.0 Å². The Bertz CT molecular complexity index is 1200. The topological polar surface area (TPSA) is 100 Å². The summed E-state index contributed by atoms with van der Waals surface area (Å²) in [6.45, 7) is 4.18. The van der Waals surface area contributed by atoms with Gasteiger partial charge in [0.05, 0.1) is 24.2 Å². The molecule has 2 aromatic carbocycles. The summed E-state index contributed by atoms with van der Waals surface area (Å²) in [5.41, 5.74) is 2.82. The van der Waals surface area contributed by atoms with E-state index in [1.54, 1.807) is 19.2 Å². The summed E-state index contributed by atoms with van der Waals surface area (Å²) >= 11 is 0. The summed E-state index contributed by atoms with van der Waals surface area (Å²) in [5, 5.41) is 11.4. The van der Waals surface area contributed by atoms with Gasteiger partial charge in [-0.1, -0.05) is 42.5 Å². The van der Waals surface area contributed by atoms with Crippen LogP contribution in [0.15, 0.2) is 75.8 Å². The zero-order valence-corrected chi connectivity index (χ0v) is 16.1. The lowest BCUT2D eigenvalue weighted by atomic mass is 10.2. The van der Waals surface area contributed by atoms with Crippen molar-refractivity contribution in [3.05, 3.63) is 76.8 Å². The lowest BCUT2D eigenvalue weighted by molar-refractivity contribution is 0.341. The van der Waals surface area contributed by atoms with E-state index in [1.807, 2.05) is 55.5 Å². The van der Waals surface area contributed by atoms with E-state index in [0.29, 0.717) is 29.7 Å². The average molecular weight is 388 g/mol. The number of imidazole rings is 1. The quantitative estimate of drug-likeness (QED) is 0.469. The Kier molecular flexibility index (Phi) is 5.07. The number of rotatable bonds is 6. The van der Waals surface area contributed by atoms with E-state index >= 15 is 0 Å². The number of aromatic amines is 2. The highest BCUT2D eigenvalue weighted by Crippen LogP contribution is 2.28. The smallest absolute Gasteiger partial charge is 0.301 e. The number of H-pyrrole nitrogens is 2. The SMILES string of the molecule is CCOc1ccccc1N=Nc1c(C)[nH]n(-c2ncc(-c3ccccc3)[nH]2)c1=O. The lowest BCUT2D eigenvalue weighted by Gasteiger charge is -2.04. The summed E-state index contributed by atoms with van der Waals surface area (Å²) < 4.78 is 6.87. The second-order valence-electron chi connectivity index (χ2n) is 6.31. The molecule has 0 radical (unpaired) electrons. The van der Waals surface area contributed by atoms with Crippen LogP contribution in [0.1, 0.15) is 12.6 Å². The molecule has 2 aromatic heterocycles. The van der Waals surface area contributed by atoms with Crippen molar-refractivity contribution in [1.82, 2.24) is 19.7 Å². The van der Waals surface area contributed by atoms with Crippen molar-refractivity contribution in [2.24, 2.45) is 10.2 Å². The van der Waals surface area contributed by atoms with E-state index in [1.165, 1.54) is 4.68 Å². The van der Waals surface area contributed by atoms with Crippen molar-refractivity contribution >= 4 is 11.4 Å². The molecule has 0 saturated heterocycles. The maximum absolute atomic E-state index is 12.9. The van der Waals surface area contributed by atoms with Crippen molar-refractivity contribution in [2.75, 3.05) is 6.61 Å². The molecule has 146 valence electrons. The van der Waals surface area contributed by atoms with Gasteiger partial charge in [-0.2, -0.15) is 4.68 Å². The van der Waals surface area contributed by atoms with Gasteiger partial charge in [0.2, 0.25) is 5.95 Å². The van der Waals surface area contributed by atoms with Crippen LogP contribution in [-0.2, 0) is 0 Å². The molecule has 0 spiro atoms. The van der Waals surface area contributed by atoms with Crippen LogP contribution in [0.3, 0.4) is 0 Å². The molecule has 0 unspecified atom stereocenters. The monoisotopic (exact) mass is 388 g/mol. The van der Waals surface area contributed by atoms with Gasteiger partial charge in [-0.3, -0.25) is 9.89 Å². The van der Waals surface area contributed by atoms with Crippen LogP contribution < -0.4 is 10.3 Å². The Morgan fingerprint density at radius 2 is 1.83 bits per heavy atom. The van der Waals surface area contributed by atoms with Gasteiger partial charge in [0.25, 0.3) is 0 Å². The fourth-order valence-electron chi connectivity index (χ4n) is 2.91. The van der Waals surface area contributed by atoms with E-state index in [-0.39, 0.29) is 11.2 Å². The van der Waals surface area contributed by atoms with Crippen molar-refractivity contribution in [2.45, 2.75) is 13.8 Å². The number of hydrogen-bond acceptors (Lipinski definition) is 5. The Morgan fingerprint density at radius 1 is 1.07 bits per heavy atom. The molecule has 8 nitrogen and oxygen atoms in total. The molecule has 0 amide bonds. The maximum Gasteiger partial charge on any atom is 0.301 e. The zero-order chi connectivity index (χ0) is 20.2. The first-order chi connectivity index (χ1) is 14.2. The highest BCUT2D eigenvalue weighted by molar-refractivity contribution is 5.59. The van der Waals surface area contributed by atoms with Gasteiger partial charge in [0.1, 0.15) is 11.4 Å². The first-order valence-corrected chi connectivity index (χ1v) is 9.23. The number of hydrogen-bond donors (Lipinski definition) is 2. The van der Waals surface area contributed by atoms with E-state index in [0.717, 1.165) is 11.3 Å². The molecule has 0 fully saturated rings. The van der Waals surface area contributed by atoms with Gasteiger partial charge in [0.15, 0.2) is 5.69 Å². The minimum absolute atomic E-state index is 0.217. The first-order valence-electron chi connectivity index (χ1n) is 9.23. The molecule has 4 rings (SSSR count). The molecular weight excluding hydrogens is 368 g/mol. The normalized spacial score (nSPS) is 11.2. The first kappa shape index (κ1) is 18.4. The molecule has 0 bridgehead atoms. The van der Waals surface area contributed by atoms with E-state index in [4.69, 9.17) is 4.74 Å². The fourth-order valence-corrected chi connectivity index (χ4v) is 2.91. The third-order valence-electron chi connectivity index (χ3n) is 4.32. The molecule has 0 atom stereocenters. The van der Waals surface area contributed by atoms with Crippen molar-refractivity contribution in [3.63, 3.8) is 0 Å². The molecule has 8 heteroatoms. The molecule has 4 aromatic rings. The molecule has 29 heavy (non-hydrogen) atoms. The Labute approximate surface area is 166 Å². The van der Waals surface area contributed by atoms with Crippen LogP contribution in [0.25, 0.3) is 17.2 Å². The van der Waals surface area contributed by atoms with Crippen molar-refractivity contribution in [1.29, 1.82) is 0 Å². The predicted octanol–water partition coefficient (Wildman–Crippen LogP) is 4.68. The summed E-state index contributed by atoms with van der Waals surface area (Å²) in [5.74, 6) is 0.999. The average Bonchev–Trinajstić information content (AvgIpc) is 3.33. The molecule has 0 saturated carbocycles. The molecule has 2 N–H and O–H groups in total. The molecule has 2 heterocycles. The van der Waals surface area contributed by atoms with Crippen LogP contribution in [0.5, 0.6) is 5.75 Å². The van der Waals surface area contributed by atoms with E-state index in [9.17, 15) is 4.79 Å².